The van der Waals surface area contributed by atoms with E-state index in [1.807, 2.05) is 4.90 Å². The molecule has 1 heterocycles. The number of nitrogens with zero attached hydrogens (tertiary/aromatic N) is 1. The summed E-state index contributed by atoms with van der Waals surface area (Å²) in [5.41, 5.74) is 1.14. The van der Waals surface area contributed by atoms with Gasteiger partial charge < -0.3 is 24.8 Å². The number of rotatable bonds is 7. The van der Waals surface area contributed by atoms with Crippen LogP contribution in [0.1, 0.15) is 40.5 Å². The number of piperidine rings is 1. The fourth-order valence-corrected chi connectivity index (χ4v) is 3.70. The smallest absolute Gasteiger partial charge is 0.337 e. The zero-order chi connectivity index (χ0) is 22.4. The average Bonchev–Trinajstić information content (AvgIpc) is 2.79. The first kappa shape index (κ1) is 22.1. The average molecular weight is 426 g/mol. The van der Waals surface area contributed by atoms with Gasteiger partial charge in [-0.2, -0.15) is 0 Å². The number of carboxylic acid groups (broad SMARTS) is 1. The minimum atomic E-state index is -1.16. The summed E-state index contributed by atoms with van der Waals surface area (Å²) in [7, 11) is 1.46. The molecule has 2 aromatic rings. The van der Waals surface area contributed by atoms with Gasteiger partial charge in [0.1, 0.15) is 5.75 Å². The van der Waals surface area contributed by atoms with E-state index < -0.39 is 11.9 Å². The summed E-state index contributed by atoms with van der Waals surface area (Å²) in [6.07, 6.45) is 1.55. The Balaban J connectivity index is 1.82. The van der Waals surface area contributed by atoms with E-state index in [0.29, 0.717) is 36.7 Å². The summed E-state index contributed by atoms with van der Waals surface area (Å²) in [6, 6.07) is 11.6. The lowest BCUT2D eigenvalue weighted by Gasteiger charge is -2.33. The van der Waals surface area contributed by atoms with Gasteiger partial charge in [0.25, 0.3) is 5.91 Å². The number of amides is 1. The number of ether oxygens (including phenoxy) is 2. The van der Waals surface area contributed by atoms with E-state index >= 15 is 0 Å². The second-order valence-corrected chi connectivity index (χ2v) is 7.23. The normalized spacial score (nSPS) is 15.8. The van der Waals surface area contributed by atoms with Gasteiger partial charge in [-0.15, -0.1) is 0 Å². The van der Waals surface area contributed by atoms with Crippen LogP contribution in [0.4, 0.5) is 11.4 Å². The number of anilines is 2. The molecule has 1 amide bonds. The summed E-state index contributed by atoms with van der Waals surface area (Å²) >= 11 is 0. The van der Waals surface area contributed by atoms with Crippen molar-refractivity contribution in [3.05, 3.63) is 53.6 Å². The first-order chi connectivity index (χ1) is 14.9. The van der Waals surface area contributed by atoms with Crippen LogP contribution in [0.25, 0.3) is 0 Å². The highest BCUT2D eigenvalue weighted by molar-refractivity contribution is 6.09. The number of nitrogens with one attached hydrogen (secondary N) is 1. The molecule has 0 radical (unpaired) electrons. The SMILES string of the molecule is CCOC(=O)[C@@H]1CCCN(c2ccc(NC(=O)c3ccccc3OC)c(C(=O)O)c2)C1. The van der Waals surface area contributed by atoms with Crippen LogP contribution in [-0.4, -0.2) is 49.8 Å². The highest BCUT2D eigenvalue weighted by Crippen LogP contribution is 2.29. The number of para-hydroxylation sites is 1. The van der Waals surface area contributed by atoms with Crippen LogP contribution in [-0.2, 0) is 9.53 Å². The van der Waals surface area contributed by atoms with Gasteiger partial charge in [-0.05, 0) is 50.1 Å². The van der Waals surface area contributed by atoms with Crippen LogP contribution in [0.2, 0.25) is 0 Å². The Morgan fingerprint density at radius 1 is 1.16 bits per heavy atom. The van der Waals surface area contributed by atoms with E-state index in [1.165, 1.54) is 13.2 Å². The Labute approximate surface area is 180 Å². The maximum Gasteiger partial charge on any atom is 0.337 e. The summed E-state index contributed by atoms with van der Waals surface area (Å²) in [6.45, 7) is 3.28. The van der Waals surface area contributed by atoms with Gasteiger partial charge in [-0.1, -0.05) is 12.1 Å². The third-order valence-corrected chi connectivity index (χ3v) is 5.24. The molecule has 8 heteroatoms. The van der Waals surface area contributed by atoms with E-state index in [2.05, 4.69) is 5.32 Å². The zero-order valence-electron chi connectivity index (χ0n) is 17.6. The summed E-state index contributed by atoms with van der Waals surface area (Å²) in [4.78, 5) is 38.7. The van der Waals surface area contributed by atoms with Crippen molar-refractivity contribution in [3.63, 3.8) is 0 Å². The Bertz CT molecular complexity index is 974. The van der Waals surface area contributed by atoms with Crippen LogP contribution in [0.3, 0.4) is 0 Å². The molecule has 2 N–H and O–H groups in total. The fourth-order valence-electron chi connectivity index (χ4n) is 3.70. The van der Waals surface area contributed by atoms with Crippen molar-refractivity contribution in [2.45, 2.75) is 19.8 Å². The van der Waals surface area contributed by atoms with Crippen molar-refractivity contribution in [3.8, 4) is 5.75 Å². The van der Waals surface area contributed by atoms with Crippen molar-refractivity contribution >= 4 is 29.2 Å². The molecule has 0 spiro atoms. The van der Waals surface area contributed by atoms with E-state index in [4.69, 9.17) is 9.47 Å². The minimum Gasteiger partial charge on any atom is -0.496 e. The Hall–Kier alpha value is -3.55. The molecule has 1 atom stereocenters. The van der Waals surface area contributed by atoms with Gasteiger partial charge in [0.05, 0.1) is 36.4 Å². The fraction of sp³-hybridized carbons (Fsp3) is 0.348. The Morgan fingerprint density at radius 3 is 2.65 bits per heavy atom. The van der Waals surface area contributed by atoms with E-state index in [1.54, 1.807) is 43.3 Å². The number of methoxy groups -OCH3 is 1. The molecule has 0 bridgehead atoms. The molecule has 0 aromatic heterocycles. The predicted octanol–water partition coefficient (Wildman–Crippen LogP) is 3.43. The molecular formula is C23H26N2O6. The monoisotopic (exact) mass is 426 g/mol. The third-order valence-electron chi connectivity index (χ3n) is 5.24. The first-order valence-corrected chi connectivity index (χ1v) is 10.2. The number of benzene rings is 2. The topological polar surface area (TPSA) is 105 Å². The maximum absolute atomic E-state index is 12.7. The van der Waals surface area contributed by atoms with E-state index in [-0.39, 0.29) is 23.1 Å². The molecule has 1 aliphatic rings. The van der Waals surface area contributed by atoms with Crippen molar-refractivity contribution in [1.82, 2.24) is 0 Å². The molecule has 0 saturated carbocycles. The van der Waals surface area contributed by atoms with Gasteiger partial charge in [0.2, 0.25) is 0 Å². The van der Waals surface area contributed by atoms with Crippen molar-refractivity contribution in [2.75, 3.05) is 37.0 Å². The van der Waals surface area contributed by atoms with Crippen LogP contribution in [0.5, 0.6) is 5.75 Å². The molecule has 1 saturated heterocycles. The van der Waals surface area contributed by atoms with Crippen molar-refractivity contribution in [2.24, 2.45) is 5.92 Å². The van der Waals surface area contributed by atoms with Gasteiger partial charge in [0.15, 0.2) is 0 Å². The number of esters is 1. The highest BCUT2D eigenvalue weighted by Gasteiger charge is 2.28. The number of carbonyl (C=O) groups excluding carboxylic acids is 2. The molecule has 31 heavy (non-hydrogen) atoms. The molecule has 8 nitrogen and oxygen atoms in total. The Kier molecular flexibility index (Phi) is 7.12. The molecule has 1 aliphatic heterocycles. The molecule has 164 valence electrons. The molecule has 0 aliphatic carbocycles. The van der Waals surface area contributed by atoms with Gasteiger partial charge in [-0.3, -0.25) is 9.59 Å². The standard InChI is InChI=1S/C23H26N2O6/c1-3-31-23(29)15-7-6-12-25(14-15)16-10-11-19(18(13-16)22(27)28)24-21(26)17-8-4-5-9-20(17)30-2/h4-5,8-11,13,15H,3,6-7,12,14H2,1-2H3,(H,24,26)(H,27,28)/t15-/m1/s1. The first-order valence-electron chi connectivity index (χ1n) is 10.2. The number of hydrogen-bond acceptors (Lipinski definition) is 6. The number of aromatic carboxylic acids is 1. The molecular weight excluding hydrogens is 400 g/mol. The second kappa shape index (κ2) is 9.97. The summed E-state index contributed by atoms with van der Waals surface area (Å²) in [5, 5.41) is 12.4. The predicted molar refractivity (Wildman–Crippen MR) is 116 cm³/mol. The number of carboxylic acids is 1. The van der Waals surface area contributed by atoms with Crippen LogP contribution >= 0.6 is 0 Å². The van der Waals surface area contributed by atoms with E-state index in [9.17, 15) is 19.5 Å². The second-order valence-electron chi connectivity index (χ2n) is 7.23. The van der Waals surface area contributed by atoms with Crippen LogP contribution in [0.15, 0.2) is 42.5 Å². The Morgan fingerprint density at radius 2 is 1.94 bits per heavy atom. The highest BCUT2D eigenvalue weighted by atomic mass is 16.5. The van der Waals surface area contributed by atoms with Gasteiger partial charge >= 0.3 is 11.9 Å². The summed E-state index contributed by atoms with van der Waals surface area (Å²) < 4.78 is 10.3. The number of carbonyl (C=O) groups is 3. The van der Waals surface area contributed by atoms with Crippen molar-refractivity contribution in [1.29, 1.82) is 0 Å². The largest absolute Gasteiger partial charge is 0.496 e. The van der Waals surface area contributed by atoms with Gasteiger partial charge in [-0.25, -0.2) is 4.79 Å². The molecule has 1 fully saturated rings. The summed E-state index contributed by atoms with van der Waals surface area (Å²) in [5.74, 6) is -1.70. The minimum absolute atomic E-state index is 0.0287. The molecule has 2 aromatic carbocycles. The quantitative estimate of drug-likeness (QED) is 0.654. The molecule has 0 unspecified atom stereocenters. The van der Waals surface area contributed by atoms with E-state index in [0.717, 1.165) is 12.8 Å². The van der Waals surface area contributed by atoms with Crippen LogP contribution in [0, 0.1) is 5.92 Å². The molecule has 3 rings (SSSR count). The number of hydrogen-bond donors (Lipinski definition) is 2. The third kappa shape index (κ3) is 5.14. The maximum atomic E-state index is 12.7. The van der Waals surface area contributed by atoms with Gasteiger partial charge in [0, 0.05) is 18.8 Å². The zero-order valence-corrected chi connectivity index (χ0v) is 17.6. The van der Waals surface area contributed by atoms with Crippen LogP contribution < -0.4 is 15.0 Å². The lowest BCUT2D eigenvalue weighted by atomic mass is 9.97. The van der Waals surface area contributed by atoms with Crippen molar-refractivity contribution < 1.29 is 29.0 Å². The lowest BCUT2D eigenvalue weighted by Crippen LogP contribution is -2.39. The lowest BCUT2D eigenvalue weighted by molar-refractivity contribution is -0.148.